The molecule has 2 fully saturated rings. The van der Waals surface area contributed by atoms with E-state index in [1.54, 1.807) is 6.07 Å². The number of alkyl halides is 1. The van der Waals surface area contributed by atoms with E-state index < -0.39 is 5.67 Å². The zero-order chi connectivity index (χ0) is 20.9. The van der Waals surface area contributed by atoms with Gasteiger partial charge in [0.25, 0.3) is 11.8 Å². The van der Waals surface area contributed by atoms with Crippen LogP contribution in [0.15, 0.2) is 28.8 Å². The summed E-state index contributed by atoms with van der Waals surface area (Å²) in [5.41, 5.74) is 2.51. The second kappa shape index (κ2) is 7.04. The maximum absolute atomic E-state index is 15.7. The Morgan fingerprint density at radius 1 is 1.27 bits per heavy atom. The lowest BCUT2D eigenvalue weighted by molar-refractivity contribution is 0.0149. The Morgan fingerprint density at radius 2 is 2.10 bits per heavy atom. The molecule has 1 amide bonds. The highest BCUT2D eigenvalue weighted by atomic mass is 19.1. The third-order valence-corrected chi connectivity index (χ3v) is 6.11. The lowest BCUT2D eigenvalue weighted by Gasteiger charge is -2.34. The predicted molar refractivity (Wildman–Crippen MR) is 108 cm³/mol. The number of hydrogen-bond donors (Lipinski definition) is 1. The van der Waals surface area contributed by atoms with Crippen molar-refractivity contribution in [1.29, 1.82) is 0 Å². The molecule has 30 heavy (non-hydrogen) atoms. The van der Waals surface area contributed by atoms with Gasteiger partial charge in [0.1, 0.15) is 5.69 Å². The number of benzene rings is 1. The largest absolute Gasteiger partial charge is 0.336 e. The molecule has 5 rings (SSSR count). The lowest BCUT2D eigenvalue weighted by Crippen LogP contribution is -2.46. The van der Waals surface area contributed by atoms with Gasteiger partial charge in [-0.15, -0.1) is 0 Å². The maximum Gasteiger partial charge on any atom is 0.272 e. The van der Waals surface area contributed by atoms with E-state index >= 15 is 4.39 Å². The summed E-state index contributed by atoms with van der Waals surface area (Å²) in [7, 11) is 0. The summed E-state index contributed by atoms with van der Waals surface area (Å²) in [4.78, 5) is 18.8. The Labute approximate surface area is 173 Å². The Kier molecular flexibility index (Phi) is 4.45. The monoisotopic (exact) mass is 409 g/mol. The van der Waals surface area contributed by atoms with Crippen LogP contribution in [0.2, 0.25) is 0 Å². The van der Waals surface area contributed by atoms with E-state index in [4.69, 9.17) is 4.52 Å². The molecule has 2 aromatic heterocycles. The average Bonchev–Trinajstić information content (AvgIpc) is 3.26. The van der Waals surface area contributed by atoms with E-state index in [0.29, 0.717) is 36.1 Å². The number of hydrogen-bond acceptors (Lipinski definition) is 5. The van der Waals surface area contributed by atoms with Crippen molar-refractivity contribution in [2.75, 3.05) is 13.1 Å². The number of nitrogens with zero attached hydrogens (tertiary/aromatic N) is 4. The fourth-order valence-electron chi connectivity index (χ4n) is 3.93. The van der Waals surface area contributed by atoms with Crippen LogP contribution in [0.4, 0.5) is 4.39 Å². The average molecular weight is 409 g/mol. The number of nitrogens with one attached hydrogen (secondary N) is 1. The molecule has 1 aliphatic carbocycles. The summed E-state index contributed by atoms with van der Waals surface area (Å²) in [6.45, 7) is 4.47. The predicted octanol–water partition coefficient (Wildman–Crippen LogP) is 4.05. The van der Waals surface area contributed by atoms with Crippen LogP contribution >= 0.6 is 0 Å². The molecule has 0 radical (unpaired) electrons. The van der Waals surface area contributed by atoms with Crippen LogP contribution in [0.1, 0.15) is 64.9 Å². The minimum absolute atomic E-state index is 0.0117. The maximum atomic E-state index is 15.7. The van der Waals surface area contributed by atoms with Crippen molar-refractivity contribution >= 4 is 5.91 Å². The van der Waals surface area contributed by atoms with Crippen molar-refractivity contribution in [3.63, 3.8) is 0 Å². The highest BCUT2D eigenvalue weighted by Crippen LogP contribution is 2.41. The van der Waals surface area contributed by atoms with Crippen LogP contribution in [0, 0.1) is 13.8 Å². The Morgan fingerprint density at radius 3 is 2.87 bits per heavy atom. The van der Waals surface area contributed by atoms with E-state index in [-0.39, 0.29) is 24.8 Å². The first-order chi connectivity index (χ1) is 14.4. The Bertz CT molecular complexity index is 1100. The number of likely N-dealkylation sites (tertiary alicyclic amines) is 1. The highest BCUT2D eigenvalue weighted by Gasteiger charge is 2.45. The number of H-pyrrole nitrogens is 1. The molecule has 1 saturated carbocycles. The van der Waals surface area contributed by atoms with Crippen molar-refractivity contribution in [2.45, 2.75) is 51.1 Å². The summed E-state index contributed by atoms with van der Waals surface area (Å²) < 4.78 is 20.9. The van der Waals surface area contributed by atoms with Gasteiger partial charge >= 0.3 is 0 Å². The number of aromatic nitrogens is 4. The van der Waals surface area contributed by atoms with Gasteiger partial charge in [0.15, 0.2) is 5.82 Å². The van der Waals surface area contributed by atoms with Crippen LogP contribution in [0.25, 0.3) is 11.3 Å². The number of amides is 1. The van der Waals surface area contributed by atoms with Gasteiger partial charge in [-0.2, -0.15) is 10.1 Å². The van der Waals surface area contributed by atoms with Gasteiger partial charge in [-0.25, -0.2) is 4.39 Å². The first-order valence-corrected chi connectivity index (χ1v) is 10.4. The number of halogens is 1. The molecule has 2 aliphatic rings. The summed E-state index contributed by atoms with van der Waals surface area (Å²) in [6, 6.07) is 7.77. The number of aryl methyl sites for hydroxylation is 2. The third kappa shape index (κ3) is 3.40. The summed E-state index contributed by atoms with van der Waals surface area (Å²) in [5, 5.41) is 11.0. The molecule has 1 N–H and O–H groups in total. The number of aromatic amines is 1. The molecule has 3 aromatic rings. The quantitative estimate of drug-likeness (QED) is 0.702. The van der Waals surface area contributed by atoms with Gasteiger partial charge in [0.05, 0.1) is 12.2 Å². The standard InChI is InChI=1S/C22H24FN5O2/c1-13-4-5-16(10-14(13)2)17-11-18(26-25-17)20(29)28-9-3-8-22(23,12-28)21-24-19(27-30-21)15-6-7-15/h4-5,10-11,15H,3,6-9,12H2,1-2H3,(H,25,26). The third-order valence-electron chi connectivity index (χ3n) is 6.11. The highest BCUT2D eigenvalue weighted by molar-refractivity contribution is 5.93. The van der Waals surface area contributed by atoms with Crippen LogP contribution in [0.3, 0.4) is 0 Å². The number of piperidine rings is 1. The molecule has 1 aromatic carbocycles. The lowest BCUT2D eigenvalue weighted by atomic mass is 9.94. The van der Waals surface area contributed by atoms with Gasteiger partial charge < -0.3 is 9.42 Å². The van der Waals surface area contributed by atoms with Crippen molar-refractivity contribution in [3.05, 3.63) is 52.8 Å². The smallest absolute Gasteiger partial charge is 0.272 e. The topological polar surface area (TPSA) is 87.9 Å². The van der Waals surface area contributed by atoms with Crippen molar-refractivity contribution < 1.29 is 13.7 Å². The molecule has 156 valence electrons. The fourth-order valence-corrected chi connectivity index (χ4v) is 3.93. The van der Waals surface area contributed by atoms with Gasteiger partial charge in [-0.3, -0.25) is 9.89 Å². The number of rotatable bonds is 4. The molecule has 1 unspecified atom stereocenters. The molecular weight excluding hydrogens is 385 g/mol. The van der Waals surface area contributed by atoms with Crippen LogP contribution in [-0.4, -0.2) is 44.2 Å². The van der Waals surface area contributed by atoms with Crippen molar-refractivity contribution in [2.24, 2.45) is 0 Å². The van der Waals surface area contributed by atoms with Crippen LogP contribution in [0.5, 0.6) is 0 Å². The summed E-state index contributed by atoms with van der Waals surface area (Å²) >= 11 is 0. The van der Waals surface area contributed by atoms with Crippen molar-refractivity contribution in [1.82, 2.24) is 25.2 Å². The van der Waals surface area contributed by atoms with Gasteiger partial charge in [-0.05, 0) is 62.8 Å². The normalized spacial score (nSPS) is 21.8. The second-order valence-electron chi connectivity index (χ2n) is 8.49. The van der Waals surface area contributed by atoms with E-state index in [2.05, 4.69) is 27.3 Å². The minimum Gasteiger partial charge on any atom is -0.336 e. The zero-order valence-electron chi connectivity index (χ0n) is 17.1. The van der Waals surface area contributed by atoms with Gasteiger partial charge in [-0.1, -0.05) is 17.3 Å². The molecule has 3 heterocycles. The molecule has 1 saturated heterocycles. The first kappa shape index (κ1) is 19.0. The van der Waals surface area contributed by atoms with Gasteiger partial charge in [0.2, 0.25) is 5.67 Å². The van der Waals surface area contributed by atoms with E-state index in [1.807, 2.05) is 25.1 Å². The van der Waals surface area contributed by atoms with E-state index in [9.17, 15) is 4.79 Å². The first-order valence-electron chi connectivity index (χ1n) is 10.4. The van der Waals surface area contributed by atoms with Crippen molar-refractivity contribution in [3.8, 4) is 11.3 Å². The summed E-state index contributed by atoms with van der Waals surface area (Å²) in [5.74, 6) is 0.585. The second-order valence-corrected chi connectivity index (χ2v) is 8.49. The van der Waals surface area contributed by atoms with Gasteiger partial charge in [0, 0.05) is 18.0 Å². The number of carbonyl (C=O) groups is 1. The van der Waals surface area contributed by atoms with E-state index in [1.165, 1.54) is 10.5 Å². The minimum atomic E-state index is -1.81. The Hall–Kier alpha value is -3.03. The molecule has 1 atom stereocenters. The Balaban J connectivity index is 1.34. The fraction of sp³-hybridized carbons (Fsp3) is 0.455. The molecule has 0 spiro atoms. The van der Waals surface area contributed by atoms with E-state index in [0.717, 1.165) is 24.0 Å². The zero-order valence-corrected chi connectivity index (χ0v) is 17.1. The molecular formula is C22H24FN5O2. The van der Waals surface area contributed by atoms with Crippen LogP contribution in [-0.2, 0) is 5.67 Å². The molecule has 0 bridgehead atoms. The molecule has 7 nitrogen and oxygen atoms in total. The number of carbonyl (C=O) groups excluding carboxylic acids is 1. The molecule has 8 heteroatoms. The molecule has 1 aliphatic heterocycles. The van der Waals surface area contributed by atoms with Crippen LogP contribution < -0.4 is 0 Å². The summed E-state index contributed by atoms with van der Waals surface area (Å²) in [6.07, 6.45) is 2.83. The SMILES string of the molecule is Cc1ccc(-c2cc(C(=O)N3CCCC(F)(c4nc(C5CC5)no4)C3)[nH]n2)cc1C.